The normalized spacial score (nSPS) is 22.7. The zero-order valence-corrected chi connectivity index (χ0v) is 24.3. The molecule has 44 heavy (non-hydrogen) atoms. The fourth-order valence-corrected chi connectivity index (χ4v) is 5.99. The monoisotopic (exact) mass is 592 g/mol. The Morgan fingerprint density at radius 1 is 0.500 bits per heavy atom. The van der Waals surface area contributed by atoms with Crippen molar-refractivity contribution in [1.82, 2.24) is 9.80 Å². The van der Waals surface area contributed by atoms with Gasteiger partial charge < -0.3 is 29.5 Å². The van der Waals surface area contributed by atoms with Gasteiger partial charge in [-0.3, -0.25) is 9.59 Å². The predicted molar refractivity (Wildman–Crippen MR) is 164 cm³/mol. The van der Waals surface area contributed by atoms with Crippen molar-refractivity contribution in [3.63, 3.8) is 0 Å². The highest BCUT2D eigenvalue weighted by molar-refractivity contribution is 5.90. The predicted octanol–water partition coefficient (Wildman–Crippen LogP) is 3.70. The molecule has 2 heterocycles. The fourth-order valence-electron chi connectivity index (χ4n) is 5.99. The zero-order valence-electron chi connectivity index (χ0n) is 24.3. The van der Waals surface area contributed by atoms with Crippen LogP contribution in [0.5, 0.6) is 0 Å². The van der Waals surface area contributed by atoms with Crippen LogP contribution in [0.2, 0.25) is 0 Å². The summed E-state index contributed by atoms with van der Waals surface area (Å²) in [5, 5.41) is 23.5. The second-order valence-electron chi connectivity index (χ2n) is 11.3. The van der Waals surface area contributed by atoms with Crippen LogP contribution in [0.3, 0.4) is 0 Å². The van der Waals surface area contributed by atoms with Crippen molar-refractivity contribution in [3.05, 3.63) is 144 Å². The number of benzene rings is 4. The molecule has 8 nitrogen and oxygen atoms in total. The molecule has 0 aliphatic carbocycles. The molecule has 4 aromatic rings. The molecule has 2 saturated heterocycles. The topological polar surface area (TPSA) is 99.5 Å². The van der Waals surface area contributed by atoms with Crippen LogP contribution in [0.25, 0.3) is 0 Å². The van der Waals surface area contributed by atoms with Crippen LogP contribution in [0.1, 0.15) is 22.3 Å². The summed E-state index contributed by atoms with van der Waals surface area (Å²) in [5.41, 5.74) is 3.57. The third-order valence-corrected chi connectivity index (χ3v) is 8.38. The van der Waals surface area contributed by atoms with Crippen molar-refractivity contribution in [2.45, 2.75) is 62.8 Å². The maximum atomic E-state index is 13.4. The number of likely N-dealkylation sites (tertiary alicyclic amines) is 2. The van der Waals surface area contributed by atoms with Gasteiger partial charge in [0.15, 0.2) is 12.2 Å². The van der Waals surface area contributed by atoms with Gasteiger partial charge in [0.2, 0.25) is 0 Å². The van der Waals surface area contributed by atoms with Crippen LogP contribution in [0, 0.1) is 0 Å². The molecule has 8 heteroatoms. The van der Waals surface area contributed by atoms with Crippen molar-refractivity contribution in [2.24, 2.45) is 0 Å². The summed E-state index contributed by atoms with van der Waals surface area (Å²) in [5.74, 6) is -0.521. The lowest BCUT2D eigenvalue weighted by atomic mass is 9.81. The molecule has 6 atom stereocenters. The summed E-state index contributed by atoms with van der Waals surface area (Å²) in [6.07, 6.45) is -4.72. The molecule has 0 unspecified atom stereocenters. The van der Waals surface area contributed by atoms with E-state index in [1.807, 2.05) is 121 Å². The van der Waals surface area contributed by atoms with Crippen molar-refractivity contribution < 1.29 is 29.3 Å². The molecule has 2 aliphatic heterocycles. The van der Waals surface area contributed by atoms with Crippen LogP contribution < -0.4 is 0 Å². The SMILES string of the molecule is O=C1[C@H](OCc2ccccc2)[C@H]([C@H](O)[C@@H](O)[C@H]2[C@@H](OCc3ccccc3)C(=O)N2Cc2ccccc2)N1Cc1ccccc1. The Morgan fingerprint density at radius 3 is 1.11 bits per heavy atom. The van der Waals surface area contributed by atoms with Gasteiger partial charge in [0, 0.05) is 13.1 Å². The Balaban J connectivity index is 1.24. The van der Waals surface area contributed by atoms with Crippen molar-refractivity contribution in [3.8, 4) is 0 Å². The largest absolute Gasteiger partial charge is 0.388 e. The van der Waals surface area contributed by atoms with Crippen LogP contribution in [0.15, 0.2) is 121 Å². The van der Waals surface area contributed by atoms with Gasteiger partial charge in [-0.25, -0.2) is 0 Å². The van der Waals surface area contributed by atoms with E-state index in [4.69, 9.17) is 9.47 Å². The van der Waals surface area contributed by atoms with Gasteiger partial charge in [0.1, 0.15) is 12.2 Å². The Hall–Kier alpha value is -4.34. The van der Waals surface area contributed by atoms with Gasteiger partial charge in [-0.15, -0.1) is 0 Å². The third-order valence-electron chi connectivity index (χ3n) is 8.38. The number of amides is 2. The zero-order chi connectivity index (χ0) is 30.5. The third kappa shape index (κ3) is 6.30. The molecule has 0 saturated carbocycles. The Bertz CT molecular complexity index is 1400. The number of β-lactam (4-membered cyclic amide) rings is 2. The molecule has 2 fully saturated rings. The molecule has 0 aromatic heterocycles. The molecular weight excluding hydrogens is 556 g/mol. The number of carbonyl (C=O) groups is 2. The second-order valence-corrected chi connectivity index (χ2v) is 11.3. The average Bonchev–Trinajstić information content (AvgIpc) is 3.07. The van der Waals surface area contributed by atoms with Gasteiger partial charge in [0.25, 0.3) is 11.8 Å². The summed E-state index contributed by atoms with van der Waals surface area (Å²) in [6, 6.07) is 36.3. The average molecular weight is 593 g/mol. The number of aliphatic hydroxyl groups is 2. The Kier molecular flexibility index (Phi) is 9.14. The van der Waals surface area contributed by atoms with Crippen molar-refractivity contribution in [2.75, 3.05) is 0 Å². The van der Waals surface area contributed by atoms with Crippen LogP contribution in [-0.4, -0.2) is 68.3 Å². The van der Waals surface area contributed by atoms with Crippen LogP contribution >= 0.6 is 0 Å². The fraction of sp³-hybridized carbons (Fsp3) is 0.278. The number of nitrogens with zero attached hydrogens (tertiary/aromatic N) is 2. The van der Waals surface area contributed by atoms with Gasteiger partial charge in [0.05, 0.1) is 25.3 Å². The molecule has 4 aromatic carbocycles. The molecule has 0 spiro atoms. The van der Waals surface area contributed by atoms with Gasteiger partial charge in [-0.2, -0.15) is 0 Å². The first-order valence-corrected chi connectivity index (χ1v) is 14.9. The quantitative estimate of drug-likeness (QED) is 0.230. The summed E-state index contributed by atoms with van der Waals surface area (Å²) in [6.45, 7) is 0.871. The number of hydrogen-bond acceptors (Lipinski definition) is 6. The highest BCUT2D eigenvalue weighted by atomic mass is 16.5. The van der Waals surface area contributed by atoms with Crippen molar-refractivity contribution >= 4 is 11.8 Å². The van der Waals surface area contributed by atoms with E-state index in [1.165, 1.54) is 0 Å². The maximum Gasteiger partial charge on any atom is 0.254 e. The number of aliphatic hydroxyl groups excluding tert-OH is 2. The molecule has 0 radical (unpaired) electrons. The lowest BCUT2D eigenvalue weighted by Gasteiger charge is -2.54. The van der Waals surface area contributed by atoms with E-state index in [9.17, 15) is 19.8 Å². The van der Waals surface area contributed by atoms with E-state index >= 15 is 0 Å². The Labute approximate surface area is 257 Å². The minimum absolute atomic E-state index is 0.181. The standard InChI is InChI=1S/C36H36N2O6/c39-31(29-33(43-23-27-17-9-3-10-18-27)35(41)37(29)21-25-13-5-1-6-14-25)32(40)30-34(44-24-28-19-11-4-12-20-28)36(42)38(30)22-26-15-7-2-8-16-26/h1-20,29-34,39-40H,21-24H2/t29-,30-,31-,32-,33+,34+/m0/s1. The first kappa shape index (κ1) is 29.7. The smallest absolute Gasteiger partial charge is 0.254 e. The molecule has 2 aliphatic rings. The lowest BCUT2D eigenvalue weighted by molar-refractivity contribution is -0.215. The van der Waals surface area contributed by atoms with Gasteiger partial charge in [-0.1, -0.05) is 121 Å². The van der Waals surface area contributed by atoms with E-state index in [1.54, 1.807) is 9.80 Å². The van der Waals surface area contributed by atoms with E-state index < -0.39 is 36.5 Å². The first-order valence-electron chi connectivity index (χ1n) is 14.9. The summed E-state index contributed by atoms with van der Waals surface area (Å²) in [7, 11) is 0. The lowest BCUT2D eigenvalue weighted by Crippen LogP contribution is -2.76. The molecule has 2 N–H and O–H groups in total. The maximum absolute atomic E-state index is 13.4. The molecular formula is C36H36N2O6. The van der Waals surface area contributed by atoms with E-state index in [0.717, 1.165) is 22.3 Å². The molecule has 6 rings (SSSR count). The highest BCUT2D eigenvalue weighted by Crippen LogP contribution is 2.36. The van der Waals surface area contributed by atoms with Crippen molar-refractivity contribution in [1.29, 1.82) is 0 Å². The number of rotatable bonds is 13. The number of hydrogen-bond donors (Lipinski definition) is 2. The summed E-state index contributed by atoms with van der Waals surface area (Å²) in [4.78, 5) is 29.8. The van der Waals surface area contributed by atoms with E-state index in [-0.39, 0.29) is 38.1 Å². The molecule has 226 valence electrons. The Morgan fingerprint density at radius 2 is 0.795 bits per heavy atom. The highest BCUT2D eigenvalue weighted by Gasteiger charge is 2.59. The molecule has 0 bridgehead atoms. The van der Waals surface area contributed by atoms with Crippen LogP contribution in [0.4, 0.5) is 0 Å². The number of ether oxygens (including phenoxy) is 2. The summed E-state index contributed by atoms with van der Waals surface area (Å²) < 4.78 is 12.1. The summed E-state index contributed by atoms with van der Waals surface area (Å²) >= 11 is 0. The minimum atomic E-state index is -1.41. The number of carbonyl (C=O) groups excluding carboxylic acids is 2. The van der Waals surface area contributed by atoms with Gasteiger partial charge in [-0.05, 0) is 22.3 Å². The van der Waals surface area contributed by atoms with Crippen LogP contribution in [-0.2, 0) is 45.4 Å². The van der Waals surface area contributed by atoms with Gasteiger partial charge >= 0.3 is 0 Å². The minimum Gasteiger partial charge on any atom is -0.388 e. The first-order chi connectivity index (χ1) is 21.5. The molecule has 2 amide bonds. The van der Waals surface area contributed by atoms with E-state index in [0.29, 0.717) is 0 Å². The second kappa shape index (κ2) is 13.5. The van der Waals surface area contributed by atoms with E-state index in [2.05, 4.69) is 0 Å².